The monoisotopic (exact) mass is 190 g/mol. The molecule has 70 valence electrons. The van der Waals surface area contributed by atoms with Gasteiger partial charge in [0.1, 0.15) is 17.4 Å². The Hall–Kier alpha value is -0.640. The average molecular weight is 190 g/mol. The third-order valence-corrected chi connectivity index (χ3v) is 2.45. The smallest absolute Gasteiger partial charge is 0.398 e. The van der Waals surface area contributed by atoms with Crippen LogP contribution < -0.4 is 0 Å². The van der Waals surface area contributed by atoms with Gasteiger partial charge >= 0.3 is 5.30 Å². The fraction of sp³-hybridized carbons (Fsp3) is 0.625. The van der Waals surface area contributed by atoms with E-state index in [-0.39, 0.29) is 12.5 Å². The van der Waals surface area contributed by atoms with Gasteiger partial charge in [0.2, 0.25) is 0 Å². The molecule has 0 radical (unpaired) electrons. The Morgan fingerprint density at radius 1 is 1.67 bits per heavy atom. The molecule has 0 aliphatic carbocycles. The van der Waals surface area contributed by atoms with Crippen molar-refractivity contribution in [1.29, 1.82) is 0 Å². The summed E-state index contributed by atoms with van der Waals surface area (Å²) >= 11 is 0. The third-order valence-electron chi connectivity index (χ3n) is 0.990. The molecule has 1 atom stereocenters. The second-order valence-corrected chi connectivity index (χ2v) is 4.11. The minimum Gasteiger partial charge on any atom is -0.452 e. The van der Waals surface area contributed by atoms with Gasteiger partial charge in [-0.15, -0.1) is 0 Å². The number of rotatable bonds is 4. The third kappa shape index (κ3) is 5.07. The lowest BCUT2D eigenvalue weighted by Crippen LogP contribution is -2.15. The molecule has 0 rings (SSSR count). The van der Waals surface area contributed by atoms with E-state index in [9.17, 15) is 9.00 Å². The first kappa shape index (κ1) is 11.4. The largest absolute Gasteiger partial charge is 0.452 e. The first-order chi connectivity index (χ1) is 5.57. The Morgan fingerprint density at radius 2 is 2.25 bits per heavy atom. The van der Waals surface area contributed by atoms with Crippen molar-refractivity contribution in [2.75, 3.05) is 12.4 Å². The van der Waals surface area contributed by atoms with Crippen molar-refractivity contribution < 1.29 is 13.7 Å². The van der Waals surface area contributed by atoms with Gasteiger partial charge in [0.05, 0.1) is 0 Å². The summed E-state index contributed by atoms with van der Waals surface area (Å²) in [5.74, 6) is 0.595. The molecule has 0 saturated heterocycles. The highest BCUT2D eigenvalue weighted by Crippen LogP contribution is 1.99. The van der Waals surface area contributed by atoms with Crippen LogP contribution in [0.25, 0.3) is 0 Å². The van der Waals surface area contributed by atoms with Crippen molar-refractivity contribution in [1.82, 2.24) is 0 Å². The predicted molar refractivity (Wildman–Crippen MR) is 49.4 cm³/mol. The van der Waals surface area contributed by atoms with E-state index in [2.05, 4.69) is 11.3 Å². The zero-order chi connectivity index (χ0) is 9.56. The van der Waals surface area contributed by atoms with Gasteiger partial charge < -0.3 is 4.74 Å². The Kier molecular flexibility index (Phi) is 5.62. The van der Waals surface area contributed by atoms with Gasteiger partial charge in [-0.2, -0.15) is 0 Å². The number of hydrogen-bond donors (Lipinski definition) is 0. The first-order valence-electron chi connectivity index (χ1n) is 3.74. The van der Waals surface area contributed by atoms with E-state index in [0.717, 1.165) is 0 Å². The highest BCUT2D eigenvalue weighted by Gasteiger charge is 2.13. The lowest BCUT2D eigenvalue weighted by molar-refractivity contribution is 0.186. The van der Waals surface area contributed by atoms with Crippen LogP contribution in [-0.2, 0) is 15.5 Å². The first-order valence-corrected chi connectivity index (χ1v) is 5.05. The standard InChI is InChI=1S/C8H14O3S/c1-4-5-11-8(9)12(10)6-7(2)3/h4,7H,1,5-6H2,2-3H3. The molecule has 0 N–H and O–H groups in total. The molecular weight excluding hydrogens is 176 g/mol. The Labute approximate surface area is 75.3 Å². The van der Waals surface area contributed by atoms with Gasteiger partial charge in [0, 0.05) is 5.75 Å². The molecule has 3 nitrogen and oxygen atoms in total. The fourth-order valence-electron chi connectivity index (χ4n) is 0.563. The minimum atomic E-state index is -1.51. The minimum absolute atomic E-state index is 0.128. The van der Waals surface area contributed by atoms with E-state index in [1.165, 1.54) is 6.08 Å². The van der Waals surface area contributed by atoms with Crippen LogP contribution in [0.2, 0.25) is 0 Å². The van der Waals surface area contributed by atoms with Gasteiger partial charge in [-0.1, -0.05) is 26.5 Å². The van der Waals surface area contributed by atoms with Crippen LogP contribution in [0, 0.1) is 5.92 Å². The molecule has 0 aliphatic rings. The molecule has 0 bridgehead atoms. The molecule has 4 heteroatoms. The van der Waals surface area contributed by atoms with Crippen LogP contribution >= 0.6 is 0 Å². The molecular formula is C8H14O3S. The van der Waals surface area contributed by atoms with Crippen LogP contribution in [0.1, 0.15) is 13.8 Å². The van der Waals surface area contributed by atoms with Crippen molar-refractivity contribution in [3.05, 3.63) is 12.7 Å². The van der Waals surface area contributed by atoms with E-state index >= 15 is 0 Å². The summed E-state index contributed by atoms with van der Waals surface area (Å²) in [5.41, 5.74) is 0. The Balaban J connectivity index is 3.77. The summed E-state index contributed by atoms with van der Waals surface area (Å²) in [7, 11) is -1.51. The lowest BCUT2D eigenvalue weighted by Gasteiger charge is -2.03. The maximum absolute atomic E-state index is 11.1. The summed E-state index contributed by atoms with van der Waals surface area (Å²) < 4.78 is 15.7. The van der Waals surface area contributed by atoms with Crippen molar-refractivity contribution in [2.24, 2.45) is 5.92 Å². The predicted octanol–water partition coefficient (Wildman–Crippen LogP) is 1.71. The van der Waals surface area contributed by atoms with E-state index < -0.39 is 16.1 Å². The van der Waals surface area contributed by atoms with Gasteiger partial charge in [0.15, 0.2) is 0 Å². The lowest BCUT2D eigenvalue weighted by atomic mass is 10.3. The zero-order valence-electron chi connectivity index (χ0n) is 7.41. The van der Waals surface area contributed by atoms with E-state index in [1.54, 1.807) is 0 Å². The summed E-state index contributed by atoms with van der Waals surface area (Å²) in [4.78, 5) is 10.9. The molecule has 0 aliphatic heterocycles. The summed E-state index contributed by atoms with van der Waals surface area (Å²) in [5, 5.41) is -0.649. The van der Waals surface area contributed by atoms with Gasteiger partial charge in [-0.3, -0.25) is 0 Å². The van der Waals surface area contributed by atoms with Crippen molar-refractivity contribution >= 4 is 16.1 Å². The fourth-order valence-corrected chi connectivity index (χ4v) is 1.50. The number of hydrogen-bond acceptors (Lipinski definition) is 3. The van der Waals surface area contributed by atoms with Crippen LogP contribution in [0.5, 0.6) is 0 Å². The molecule has 0 fully saturated rings. The van der Waals surface area contributed by atoms with Gasteiger partial charge in [-0.05, 0) is 5.92 Å². The number of carbonyl (C=O) groups is 1. The van der Waals surface area contributed by atoms with Crippen LogP contribution in [0.4, 0.5) is 4.79 Å². The van der Waals surface area contributed by atoms with Crippen LogP contribution in [-0.4, -0.2) is 21.9 Å². The average Bonchev–Trinajstić information content (AvgIpc) is 1.98. The molecule has 0 saturated carbocycles. The highest BCUT2D eigenvalue weighted by atomic mass is 32.2. The number of ether oxygens (including phenoxy) is 1. The van der Waals surface area contributed by atoms with Gasteiger partial charge in [-0.25, -0.2) is 9.00 Å². The molecule has 0 aromatic heterocycles. The maximum atomic E-state index is 11.1. The molecule has 0 aromatic carbocycles. The second-order valence-electron chi connectivity index (χ2n) is 2.76. The van der Waals surface area contributed by atoms with E-state index in [4.69, 9.17) is 0 Å². The summed E-state index contributed by atoms with van der Waals surface area (Å²) in [6.45, 7) is 7.31. The summed E-state index contributed by atoms with van der Waals surface area (Å²) in [6.07, 6.45) is 1.45. The van der Waals surface area contributed by atoms with Crippen molar-refractivity contribution in [3.63, 3.8) is 0 Å². The molecule has 0 aromatic rings. The normalized spacial score (nSPS) is 12.6. The summed E-state index contributed by atoms with van der Waals surface area (Å²) in [6, 6.07) is 0. The Bertz CT molecular complexity index is 187. The Morgan fingerprint density at radius 3 is 2.67 bits per heavy atom. The topological polar surface area (TPSA) is 43.4 Å². The van der Waals surface area contributed by atoms with Gasteiger partial charge in [0.25, 0.3) is 0 Å². The second kappa shape index (κ2) is 5.94. The SMILES string of the molecule is C=CCOC(=O)S(=O)CC(C)C. The molecule has 0 heterocycles. The van der Waals surface area contributed by atoms with E-state index in [0.29, 0.717) is 5.75 Å². The van der Waals surface area contributed by atoms with Crippen LogP contribution in [0.15, 0.2) is 12.7 Å². The molecule has 12 heavy (non-hydrogen) atoms. The zero-order valence-corrected chi connectivity index (χ0v) is 8.23. The highest BCUT2D eigenvalue weighted by molar-refractivity contribution is 7.99. The van der Waals surface area contributed by atoms with Crippen LogP contribution in [0.3, 0.4) is 0 Å². The maximum Gasteiger partial charge on any atom is 0.398 e. The van der Waals surface area contributed by atoms with Crippen molar-refractivity contribution in [2.45, 2.75) is 13.8 Å². The van der Waals surface area contributed by atoms with E-state index in [1.807, 2.05) is 13.8 Å². The molecule has 1 unspecified atom stereocenters. The van der Waals surface area contributed by atoms with Crippen molar-refractivity contribution in [3.8, 4) is 0 Å². The number of carbonyl (C=O) groups excluding carboxylic acids is 1. The molecule has 0 spiro atoms. The quantitative estimate of drug-likeness (QED) is 0.500. The molecule has 0 amide bonds.